The highest BCUT2D eigenvalue weighted by Crippen LogP contribution is 2.19. The molecule has 2 nitrogen and oxygen atoms in total. The van der Waals surface area contributed by atoms with Gasteiger partial charge in [-0.3, -0.25) is 9.88 Å². The number of benzene rings is 1. The van der Waals surface area contributed by atoms with E-state index >= 15 is 0 Å². The minimum absolute atomic E-state index is 1.01. The van der Waals surface area contributed by atoms with E-state index in [0.29, 0.717) is 0 Å². The average Bonchev–Trinajstić information content (AvgIpc) is 2.43. The summed E-state index contributed by atoms with van der Waals surface area (Å²) in [6.45, 7) is 7.53. The molecule has 3 heteroatoms. The standard InChI is InChI=1S/C16H21BrN2/c1-3-19(10-6-9-17)12-14-11-13(2)18-16-8-5-4-7-15(14)16/h4-5,7-8,11H,3,6,9-10,12H2,1-2H3. The first-order valence-corrected chi connectivity index (χ1v) is 8.00. The first kappa shape index (κ1) is 14.5. The Hall–Kier alpha value is -0.930. The second kappa shape index (κ2) is 7.01. The molecule has 0 radical (unpaired) electrons. The number of pyridine rings is 1. The fourth-order valence-electron chi connectivity index (χ4n) is 2.40. The average molecular weight is 321 g/mol. The molecule has 0 atom stereocenters. The monoisotopic (exact) mass is 320 g/mol. The molecule has 0 bridgehead atoms. The summed E-state index contributed by atoms with van der Waals surface area (Å²) in [5.74, 6) is 0. The highest BCUT2D eigenvalue weighted by molar-refractivity contribution is 9.09. The Morgan fingerprint density at radius 1 is 1.26 bits per heavy atom. The lowest BCUT2D eigenvalue weighted by molar-refractivity contribution is 0.282. The summed E-state index contributed by atoms with van der Waals surface area (Å²) in [5.41, 5.74) is 3.60. The van der Waals surface area contributed by atoms with Gasteiger partial charge in [-0.05, 0) is 44.1 Å². The van der Waals surface area contributed by atoms with Crippen LogP contribution in [0.25, 0.3) is 10.9 Å². The molecular formula is C16H21BrN2. The third-order valence-corrected chi connectivity index (χ3v) is 3.94. The molecule has 0 unspecified atom stereocenters. The molecule has 19 heavy (non-hydrogen) atoms. The van der Waals surface area contributed by atoms with E-state index in [9.17, 15) is 0 Å². The summed E-state index contributed by atoms with van der Waals surface area (Å²) in [7, 11) is 0. The van der Waals surface area contributed by atoms with Crippen molar-refractivity contribution in [1.29, 1.82) is 0 Å². The van der Waals surface area contributed by atoms with Crippen molar-refractivity contribution in [3.8, 4) is 0 Å². The minimum Gasteiger partial charge on any atom is -0.299 e. The Morgan fingerprint density at radius 2 is 2.05 bits per heavy atom. The van der Waals surface area contributed by atoms with Crippen molar-refractivity contribution >= 4 is 26.8 Å². The highest BCUT2D eigenvalue weighted by Gasteiger charge is 2.08. The lowest BCUT2D eigenvalue weighted by Crippen LogP contribution is -2.24. The number of hydrogen-bond donors (Lipinski definition) is 0. The molecule has 2 aromatic rings. The van der Waals surface area contributed by atoms with E-state index in [4.69, 9.17) is 0 Å². The predicted octanol–water partition coefficient (Wildman–Crippen LogP) is 4.15. The van der Waals surface area contributed by atoms with Crippen LogP contribution in [0.5, 0.6) is 0 Å². The maximum absolute atomic E-state index is 4.61. The Labute approximate surface area is 124 Å². The molecule has 0 aliphatic heterocycles. The van der Waals surface area contributed by atoms with Gasteiger partial charge in [0.2, 0.25) is 0 Å². The third kappa shape index (κ3) is 3.77. The number of nitrogens with zero attached hydrogens (tertiary/aromatic N) is 2. The minimum atomic E-state index is 1.01. The Kier molecular flexibility index (Phi) is 5.34. The van der Waals surface area contributed by atoms with Crippen LogP contribution in [-0.4, -0.2) is 28.3 Å². The first-order valence-electron chi connectivity index (χ1n) is 6.88. The topological polar surface area (TPSA) is 16.1 Å². The zero-order valence-corrected chi connectivity index (χ0v) is 13.3. The highest BCUT2D eigenvalue weighted by atomic mass is 79.9. The SMILES string of the molecule is CCN(CCCBr)Cc1cc(C)nc2ccccc12. The van der Waals surface area contributed by atoms with Gasteiger partial charge in [-0.2, -0.15) is 0 Å². The van der Waals surface area contributed by atoms with Gasteiger partial charge in [0.05, 0.1) is 5.52 Å². The van der Waals surface area contributed by atoms with Gasteiger partial charge < -0.3 is 0 Å². The number of para-hydroxylation sites is 1. The summed E-state index contributed by atoms with van der Waals surface area (Å²) in [5, 5.41) is 2.35. The zero-order chi connectivity index (χ0) is 13.7. The summed E-state index contributed by atoms with van der Waals surface area (Å²) in [4.78, 5) is 7.09. The van der Waals surface area contributed by atoms with Crippen molar-refractivity contribution < 1.29 is 0 Å². The number of halogens is 1. The maximum Gasteiger partial charge on any atom is 0.0708 e. The van der Waals surface area contributed by atoms with Crippen LogP contribution in [0.15, 0.2) is 30.3 Å². The van der Waals surface area contributed by atoms with Crippen molar-refractivity contribution in [3.63, 3.8) is 0 Å². The van der Waals surface area contributed by atoms with E-state index in [1.807, 2.05) is 0 Å². The third-order valence-electron chi connectivity index (χ3n) is 3.38. The molecule has 0 saturated carbocycles. The lowest BCUT2D eigenvalue weighted by Gasteiger charge is -2.21. The van der Waals surface area contributed by atoms with Crippen LogP contribution in [0.1, 0.15) is 24.6 Å². The normalized spacial score (nSPS) is 11.4. The molecule has 102 valence electrons. The molecule has 1 aromatic carbocycles. The van der Waals surface area contributed by atoms with E-state index in [1.165, 1.54) is 17.4 Å². The van der Waals surface area contributed by atoms with Gasteiger partial charge in [-0.15, -0.1) is 0 Å². The van der Waals surface area contributed by atoms with Gasteiger partial charge in [0.25, 0.3) is 0 Å². The zero-order valence-electron chi connectivity index (χ0n) is 11.7. The number of alkyl halides is 1. The lowest BCUT2D eigenvalue weighted by atomic mass is 10.1. The number of aromatic nitrogens is 1. The van der Waals surface area contributed by atoms with Crippen molar-refractivity contribution in [2.45, 2.75) is 26.8 Å². The van der Waals surface area contributed by atoms with Crippen LogP contribution in [0.2, 0.25) is 0 Å². The molecule has 0 aliphatic carbocycles. The molecule has 0 fully saturated rings. The molecule has 1 aromatic heterocycles. The second-order valence-corrected chi connectivity index (χ2v) is 5.64. The predicted molar refractivity (Wildman–Crippen MR) is 85.8 cm³/mol. The molecule has 0 N–H and O–H groups in total. The Bertz CT molecular complexity index is 539. The van der Waals surface area contributed by atoms with Crippen molar-refractivity contribution in [2.75, 3.05) is 18.4 Å². The van der Waals surface area contributed by atoms with Crippen LogP contribution >= 0.6 is 15.9 Å². The molecule has 1 heterocycles. The summed E-state index contributed by atoms with van der Waals surface area (Å²) < 4.78 is 0. The van der Waals surface area contributed by atoms with E-state index in [1.54, 1.807) is 0 Å². The quantitative estimate of drug-likeness (QED) is 0.743. The number of rotatable bonds is 6. The van der Waals surface area contributed by atoms with Crippen LogP contribution in [0, 0.1) is 6.92 Å². The molecule has 0 amide bonds. The van der Waals surface area contributed by atoms with Crippen LogP contribution in [-0.2, 0) is 6.54 Å². The molecule has 0 saturated heterocycles. The maximum atomic E-state index is 4.61. The fourth-order valence-corrected chi connectivity index (χ4v) is 2.65. The van der Waals surface area contributed by atoms with Crippen LogP contribution in [0.4, 0.5) is 0 Å². The summed E-state index contributed by atoms with van der Waals surface area (Å²) >= 11 is 3.51. The second-order valence-electron chi connectivity index (χ2n) is 4.85. The number of aryl methyl sites for hydroxylation is 1. The fraction of sp³-hybridized carbons (Fsp3) is 0.438. The molecule has 0 aliphatic rings. The van der Waals surface area contributed by atoms with Crippen LogP contribution < -0.4 is 0 Å². The van der Waals surface area contributed by atoms with Gasteiger partial charge in [-0.1, -0.05) is 41.1 Å². The van der Waals surface area contributed by atoms with Gasteiger partial charge in [0.15, 0.2) is 0 Å². The van der Waals surface area contributed by atoms with E-state index < -0.39 is 0 Å². The Morgan fingerprint density at radius 3 is 2.79 bits per heavy atom. The molecular weight excluding hydrogens is 300 g/mol. The smallest absolute Gasteiger partial charge is 0.0708 e. The Balaban J connectivity index is 2.28. The molecule has 0 spiro atoms. The van der Waals surface area contributed by atoms with Crippen LogP contribution in [0.3, 0.4) is 0 Å². The van der Waals surface area contributed by atoms with Gasteiger partial charge in [0, 0.05) is 23.0 Å². The van der Waals surface area contributed by atoms with Crippen molar-refractivity contribution in [2.24, 2.45) is 0 Å². The van der Waals surface area contributed by atoms with Gasteiger partial charge in [0.1, 0.15) is 0 Å². The van der Waals surface area contributed by atoms with E-state index in [0.717, 1.165) is 36.2 Å². The first-order chi connectivity index (χ1) is 9.24. The van der Waals surface area contributed by atoms with Crippen molar-refractivity contribution in [3.05, 3.63) is 41.6 Å². The van der Waals surface area contributed by atoms with Gasteiger partial charge in [-0.25, -0.2) is 0 Å². The number of hydrogen-bond acceptors (Lipinski definition) is 2. The van der Waals surface area contributed by atoms with Crippen molar-refractivity contribution in [1.82, 2.24) is 9.88 Å². The van der Waals surface area contributed by atoms with E-state index in [-0.39, 0.29) is 0 Å². The van der Waals surface area contributed by atoms with E-state index in [2.05, 4.69) is 70.0 Å². The van der Waals surface area contributed by atoms with Gasteiger partial charge >= 0.3 is 0 Å². The summed E-state index contributed by atoms with van der Waals surface area (Å²) in [6.07, 6.45) is 1.19. The number of fused-ring (bicyclic) bond motifs is 1. The summed E-state index contributed by atoms with van der Waals surface area (Å²) in [6, 6.07) is 10.6. The molecule has 2 rings (SSSR count). The largest absolute Gasteiger partial charge is 0.299 e.